The van der Waals surface area contributed by atoms with Crippen molar-refractivity contribution in [2.45, 2.75) is 60.4 Å². The van der Waals surface area contributed by atoms with Crippen LogP contribution in [-0.4, -0.2) is 42.3 Å². The molecule has 1 atom stereocenters. The number of aromatic hydroxyl groups is 1. The topological polar surface area (TPSA) is 91.7 Å². The van der Waals surface area contributed by atoms with Crippen molar-refractivity contribution in [3.8, 4) is 23.5 Å². The van der Waals surface area contributed by atoms with Gasteiger partial charge in [0, 0.05) is 6.54 Å². The van der Waals surface area contributed by atoms with E-state index in [1.54, 1.807) is 36.6 Å². The Labute approximate surface area is 194 Å². The summed E-state index contributed by atoms with van der Waals surface area (Å²) < 4.78 is 10.5. The van der Waals surface area contributed by atoms with Gasteiger partial charge in [-0.3, -0.25) is 0 Å². The molecule has 6 heteroatoms. The van der Waals surface area contributed by atoms with Gasteiger partial charge in [-0.25, -0.2) is 0 Å². The molecular weight excluding hydrogens is 402 g/mol. The highest BCUT2D eigenvalue weighted by Gasteiger charge is 2.12. The van der Waals surface area contributed by atoms with Gasteiger partial charge in [0.05, 0.1) is 6.04 Å². The maximum absolute atomic E-state index is 8.94. The lowest BCUT2D eigenvalue weighted by molar-refractivity contribution is 0.210. The number of nitrogens with two attached hydrogens (primary N) is 1. The highest BCUT2D eigenvalue weighted by molar-refractivity contribution is 5.40. The lowest BCUT2D eigenvalue weighted by Crippen LogP contribution is -2.41. The van der Waals surface area contributed by atoms with Crippen LogP contribution in [0.1, 0.15) is 51.7 Å². The molecule has 3 N–H and O–H groups in total. The predicted molar refractivity (Wildman–Crippen MR) is 132 cm³/mol. The predicted octanol–water partition coefficient (Wildman–Crippen LogP) is 5.41. The van der Waals surface area contributed by atoms with Crippen molar-refractivity contribution in [2.24, 2.45) is 5.73 Å². The number of phenolic OH excluding ortho intramolecular Hbond substituents is 1. The first-order valence-corrected chi connectivity index (χ1v) is 11.4. The summed E-state index contributed by atoms with van der Waals surface area (Å²) in [7, 11) is 0. The van der Waals surface area contributed by atoms with E-state index in [0.29, 0.717) is 23.9 Å². The SMILES string of the molecule is CC.CCCN(CCC)CC(N)COc1ccccc1OC#N.Cc1ccc(O)cc1C. The molecule has 0 aliphatic rings. The zero-order valence-corrected chi connectivity index (χ0v) is 20.6. The summed E-state index contributed by atoms with van der Waals surface area (Å²) in [5, 5.41) is 17.5. The number of ether oxygens (including phenoxy) is 2. The third-order valence-corrected chi connectivity index (χ3v) is 4.52. The molecule has 32 heavy (non-hydrogen) atoms. The van der Waals surface area contributed by atoms with Crippen molar-refractivity contribution in [2.75, 3.05) is 26.2 Å². The van der Waals surface area contributed by atoms with E-state index >= 15 is 0 Å². The van der Waals surface area contributed by atoms with Crippen molar-refractivity contribution in [1.82, 2.24) is 4.90 Å². The van der Waals surface area contributed by atoms with Crippen LogP contribution in [0.15, 0.2) is 42.5 Å². The van der Waals surface area contributed by atoms with Gasteiger partial charge in [-0.05, 0) is 75.2 Å². The van der Waals surface area contributed by atoms with E-state index in [0.717, 1.165) is 38.0 Å². The lowest BCUT2D eigenvalue weighted by Gasteiger charge is -2.24. The molecule has 0 bridgehead atoms. The number of benzene rings is 2. The Bertz CT molecular complexity index is 784. The molecule has 0 aliphatic carbocycles. The Balaban J connectivity index is 0.000000723. The van der Waals surface area contributed by atoms with Crippen LogP contribution in [0.2, 0.25) is 0 Å². The van der Waals surface area contributed by atoms with Crippen molar-refractivity contribution in [3.63, 3.8) is 0 Å². The summed E-state index contributed by atoms with van der Waals surface area (Å²) >= 11 is 0. The fourth-order valence-corrected chi connectivity index (χ4v) is 2.94. The second-order valence-corrected chi connectivity index (χ2v) is 7.28. The molecule has 0 saturated heterocycles. The third kappa shape index (κ3) is 12.2. The average Bonchev–Trinajstić information content (AvgIpc) is 2.78. The van der Waals surface area contributed by atoms with Crippen molar-refractivity contribution >= 4 is 0 Å². The van der Waals surface area contributed by atoms with Gasteiger partial charge >= 0.3 is 0 Å². The zero-order valence-electron chi connectivity index (χ0n) is 20.6. The van der Waals surface area contributed by atoms with Crippen LogP contribution in [0, 0.1) is 25.4 Å². The molecule has 2 aromatic carbocycles. The smallest absolute Gasteiger partial charge is 0.292 e. The van der Waals surface area contributed by atoms with E-state index in [4.69, 9.17) is 25.6 Å². The molecular formula is C26H41N3O3. The second-order valence-electron chi connectivity index (χ2n) is 7.28. The normalized spacial score (nSPS) is 10.7. The van der Waals surface area contributed by atoms with Gasteiger partial charge in [0.2, 0.25) is 0 Å². The molecule has 0 aromatic heterocycles. The van der Waals surface area contributed by atoms with Gasteiger partial charge in [0.15, 0.2) is 11.5 Å². The largest absolute Gasteiger partial charge is 0.508 e. The summed E-state index contributed by atoms with van der Waals surface area (Å²) in [4.78, 5) is 2.35. The molecule has 0 aliphatic heterocycles. The van der Waals surface area contributed by atoms with Gasteiger partial charge in [-0.15, -0.1) is 5.26 Å². The van der Waals surface area contributed by atoms with Crippen molar-refractivity contribution in [3.05, 3.63) is 53.6 Å². The van der Waals surface area contributed by atoms with E-state index < -0.39 is 0 Å². The third-order valence-electron chi connectivity index (χ3n) is 4.52. The van der Waals surface area contributed by atoms with E-state index in [9.17, 15) is 0 Å². The highest BCUT2D eigenvalue weighted by atomic mass is 16.5. The van der Waals surface area contributed by atoms with Crippen molar-refractivity contribution in [1.29, 1.82) is 5.26 Å². The Morgan fingerprint density at radius 1 is 1.00 bits per heavy atom. The number of hydrogen-bond acceptors (Lipinski definition) is 6. The summed E-state index contributed by atoms with van der Waals surface area (Å²) in [6.45, 7) is 15.6. The number of aryl methyl sites for hydroxylation is 2. The number of hydrogen-bond donors (Lipinski definition) is 2. The molecule has 1 unspecified atom stereocenters. The Hall–Kier alpha value is -2.75. The Kier molecular flexibility index (Phi) is 16.3. The molecule has 2 rings (SSSR count). The average molecular weight is 444 g/mol. The van der Waals surface area contributed by atoms with Crippen LogP contribution in [0.4, 0.5) is 0 Å². The lowest BCUT2D eigenvalue weighted by atomic mass is 10.1. The van der Waals surface area contributed by atoms with E-state index in [1.165, 1.54) is 5.56 Å². The summed E-state index contributed by atoms with van der Waals surface area (Å²) in [6.07, 6.45) is 3.89. The Morgan fingerprint density at radius 3 is 2.09 bits per heavy atom. The molecule has 0 amide bonds. The van der Waals surface area contributed by atoms with Gasteiger partial charge in [-0.2, -0.15) is 0 Å². The van der Waals surface area contributed by atoms with Crippen LogP contribution < -0.4 is 15.2 Å². The van der Waals surface area contributed by atoms with Gasteiger partial charge in [-0.1, -0.05) is 45.9 Å². The minimum Gasteiger partial charge on any atom is -0.508 e. The summed E-state index contributed by atoms with van der Waals surface area (Å²) in [5.41, 5.74) is 8.48. The van der Waals surface area contributed by atoms with E-state index in [-0.39, 0.29) is 6.04 Å². The minimum atomic E-state index is -0.0711. The number of phenols is 1. The summed E-state index contributed by atoms with van der Waals surface area (Å²) in [5.74, 6) is 1.32. The van der Waals surface area contributed by atoms with Crippen LogP contribution >= 0.6 is 0 Å². The molecule has 0 radical (unpaired) electrons. The van der Waals surface area contributed by atoms with Crippen molar-refractivity contribution < 1.29 is 14.6 Å². The number of rotatable bonds is 10. The maximum Gasteiger partial charge on any atom is 0.292 e. The van der Waals surface area contributed by atoms with Gasteiger partial charge < -0.3 is 25.2 Å². The van der Waals surface area contributed by atoms with Crippen LogP contribution in [-0.2, 0) is 0 Å². The first-order valence-electron chi connectivity index (χ1n) is 11.4. The molecule has 2 aromatic rings. The second kappa shape index (κ2) is 17.9. The van der Waals surface area contributed by atoms with E-state index in [2.05, 4.69) is 18.7 Å². The van der Waals surface area contributed by atoms with Crippen LogP contribution in [0.5, 0.6) is 17.2 Å². The van der Waals surface area contributed by atoms with Gasteiger partial charge in [0.1, 0.15) is 12.4 Å². The molecule has 0 spiro atoms. The molecule has 0 heterocycles. The summed E-state index contributed by atoms with van der Waals surface area (Å²) in [6, 6.07) is 12.4. The van der Waals surface area contributed by atoms with Gasteiger partial charge in [0.25, 0.3) is 6.26 Å². The van der Waals surface area contributed by atoms with Crippen LogP contribution in [0.3, 0.4) is 0 Å². The Morgan fingerprint density at radius 2 is 1.59 bits per heavy atom. The quantitative estimate of drug-likeness (QED) is 0.477. The number of nitrogens with zero attached hydrogens (tertiary/aromatic N) is 2. The fraction of sp³-hybridized carbons (Fsp3) is 0.500. The standard InChI is InChI=1S/C16H25N3O2.C8H10O.C2H6/c1-3-9-19(10-4-2)11-14(18)12-20-15-7-5-6-8-16(15)21-13-17;1-6-3-4-8(9)5-7(6)2;1-2/h5-8,14H,3-4,9-12,18H2,1-2H3;3-5,9H,1-2H3;1-2H3. The molecule has 178 valence electrons. The molecule has 0 fully saturated rings. The monoisotopic (exact) mass is 443 g/mol. The maximum atomic E-state index is 8.94. The first kappa shape index (κ1) is 29.2. The first-order chi connectivity index (χ1) is 15.4. The van der Waals surface area contributed by atoms with Crippen LogP contribution in [0.25, 0.3) is 0 Å². The molecule has 6 nitrogen and oxygen atoms in total. The fourth-order valence-electron chi connectivity index (χ4n) is 2.94. The van der Waals surface area contributed by atoms with E-state index in [1.807, 2.05) is 39.8 Å². The zero-order chi connectivity index (χ0) is 24.4. The minimum absolute atomic E-state index is 0.0711. The number of para-hydroxylation sites is 2. The highest BCUT2D eigenvalue weighted by Crippen LogP contribution is 2.26. The molecule has 0 saturated carbocycles. The number of nitriles is 1.